The van der Waals surface area contributed by atoms with Gasteiger partial charge in [0.25, 0.3) is 0 Å². The first-order valence-corrected chi connectivity index (χ1v) is 28.6. The Hall–Kier alpha value is -3.38. The second-order valence-electron chi connectivity index (χ2n) is 24.3. The van der Waals surface area contributed by atoms with Crippen LogP contribution in [0.15, 0.2) is 86.5 Å². The number of hydrogen-bond acceptors (Lipinski definition) is 0. The van der Waals surface area contributed by atoms with Gasteiger partial charge in [-0.3, -0.25) is 0 Å². The standard InChI is InChI=1S/C57H84.C10H18.C2H4/c1-13-45-21-24-52(53(49(45)15-3)20-18-17-19-39(5)6)42(10)51-23-22-47(35-41(51)9)46-27-29-56(30-28-46)37-44(38-56)36-55(12)31-33-57(16-4,34-32-55)54-26-25-50(40(7)8)48(14-2)43(54)11;1-8(2)6-7-10(5)9(3)4;1-2/h21-26,35,39,42,44,46H,7,13-20,27-34,36-38H2,1-6,8-12H3;10H,1,3,6-7H2,2,4-5H3;1-2H2. The molecule has 0 aliphatic heterocycles. The van der Waals surface area contributed by atoms with Crippen molar-refractivity contribution < 1.29 is 0 Å². The van der Waals surface area contributed by atoms with Crippen molar-refractivity contribution in [1.29, 1.82) is 0 Å². The quantitative estimate of drug-likeness (QED) is 0.0782. The molecule has 0 N–H and O–H groups in total. The minimum absolute atomic E-state index is 0.351. The number of hydrogen-bond donors (Lipinski definition) is 0. The van der Waals surface area contributed by atoms with Crippen molar-refractivity contribution >= 4 is 5.57 Å². The largest absolute Gasteiger partial charge is 0.106 e. The van der Waals surface area contributed by atoms with Gasteiger partial charge in [-0.05, 0) is 258 Å². The van der Waals surface area contributed by atoms with Crippen LogP contribution in [0.3, 0.4) is 0 Å². The number of allylic oxidation sites excluding steroid dienone is 3. The Balaban J connectivity index is 0.000000768. The third kappa shape index (κ3) is 14.6. The molecule has 3 aromatic carbocycles. The van der Waals surface area contributed by atoms with Gasteiger partial charge in [0.2, 0.25) is 0 Å². The first-order chi connectivity index (χ1) is 32.7. The fraction of sp³-hybridized carbons (Fsp3) is 0.623. The van der Waals surface area contributed by atoms with E-state index in [1.807, 2.05) is 0 Å². The van der Waals surface area contributed by atoms with Gasteiger partial charge in [-0.25, -0.2) is 0 Å². The zero-order valence-electron chi connectivity index (χ0n) is 47.8. The van der Waals surface area contributed by atoms with E-state index < -0.39 is 0 Å². The summed E-state index contributed by atoms with van der Waals surface area (Å²) < 4.78 is 0. The summed E-state index contributed by atoms with van der Waals surface area (Å²) in [5.41, 5.74) is 22.5. The van der Waals surface area contributed by atoms with Crippen molar-refractivity contribution in [2.24, 2.45) is 28.6 Å². The van der Waals surface area contributed by atoms with Gasteiger partial charge in [0, 0.05) is 5.92 Å². The van der Waals surface area contributed by atoms with Gasteiger partial charge in [-0.2, -0.15) is 0 Å². The van der Waals surface area contributed by atoms with Crippen LogP contribution in [0.5, 0.6) is 0 Å². The van der Waals surface area contributed by atoms with Gasteiger partial charge in [0.05, 0.1) is 0 Å². The molecule has 3 saturated carbocycles. The monoisotopic (exact) mass is 935 g/mol. The topological polar surface area (TPSA) is 0 Å². The number of unbranched alkanes of at least 4 members (excludes halogenated alkanes) is 1. The Kier molecular flexibility index (Phi) is 22.2. The normalized spacial score (nSPS) is 24.0. The highest BCUT2D eigenvalue weighted by atomic mass is 14.5. The predicted octanol–water partition coefficient (Wildman–Crippen LogP) is 21.3. The van der Waals surface area contributed by atoms with Crippen molar-refractivity contribution in [2.45, 2.75) is 249 Å². The van der Waals surface area contributed by atoms with Crippen LogP contribution in [-0.4, -0.2) is 0 Å². The number of rotatable bonds is 20. The Morgan fingerprint density at radius 3 is 1.84 bits per heavy atom. The maximum Gasteiger partial charge on any atom is 0.00664 e. The summed E-state index contributed by atoms with van der Waals surface area (Å²) >= 11 is 0. The van der Waals surface area contributed by atoms with Crippen molar-refractivity contribution in [3.05, 3.63) is 148 Å². The third-order valence-corrected chi connectivity index (χ3v) is 18.6. The molecular weight excluding hydrogens is 829 g/mol. The van der Waals surface area contributed by atoms with E-state index in [4.69, 9.17) is 0 Å². The molecule has 6 rings (SSSR count). The van der Waals surface area contributed by atoms with Crippen LogP contribution in [-0.2, 0) is 31.1 Å². The maximum absolute atomic E-state index is 4.31. The van der Waals surface area contributed by atoms with E-state index in [1.54, 1.807) is 38.9 Å². The van der Waals surface area contributed by atoms with Crippen LogP contribution >= 0.6 is 0 Å². The minimum Gasteiger partial charge on any atom is -0.106 e. The van der Waals surface area contributed by atoms with E-state index in [0.717, 1.165) is 43.4 Å². The molecular formula is C69H106. The van der Waals surface area contributed by atoms with Crippen molar-refractivity contribution in [1.82, 2.24) is 0 Å². The third-order valence-electron chi connectivity index (χ3n) is 18.6. The minimum atomic E-state index is 0.351. The van der Waals surface area contributed by atoms with Gasteiger partial charge in [0.15, 0.2) is 0 Å². The molecule has 3 aliphatic carbocycles. The van der Waals surface area contributed by atoms with Crippen LogP contribution in [0.1, 0.15) is 265 Å². The molecule has 0 amide bonds. The van der Waals surface area contributed by atoms with Gasteiger partial charge >= 0.3 is 0 Å². The van der Waals surface area contributed by atoms with Crippen molar-refractivity contribution in [3.63, 3.8) is 0 Å². The molecule has 382 valence electrons. The summed E-state index contributed by atoms with van der Waals surface area (Å²) in [6, 6.07) is 17.5. The summed E-state index contributed by atoms with van der Waals surface area (Å²) in [5.74, 6) is 3.58. The molecule has 0 heteroatoms. The molecule has 0 bridgehead atoms. The van der Waals surface area contributed by atoms with Crippen LogP contribution in [0, 0.1) is 42.4 Å². The lowest BCUT2D eigenvalue weighted by Gasteiger charge is -2.55. The smallest absolute Gasteiger partial charge is 0.00664 e. The first kappa shape index (κ1) is 58.2. The molecule has 3 aromatic rings. The highest BCUT2D eigenvalue weighted by Crippen LogP contribution is 2.61. The molecule has 0 aromatic heterocycles. The number of benzene rings is 3. The van der Waals surface area contributed by atoms with E-state index in [-0.39, 0.29) is 0 Å². The maximum atomic E-state index is 4.31. The van der Waals surface area contributed by atoms with Gasteiger partial charge in [-0.1, -0.05) is 147 Å². The summed E-state index contributed by atoms with van der Waals surface area (Å²) in [4.78, 5) is 0. The molecule has 69 heavy (non-hydrogen) atoms. The molecule has 1 spiro atoms. The SMILES string of the molecule is C=C.C=C(C)CCC(C)C(=C)C.C=C(C)c1ccc(C2(CC)CCC(C)(CC3CC4(CCC(c5ccc(C(C)c6ccc(CC)c(CC)c6CCCCC(C)C)c(C)c5)CC4)C3)CC2)c(C)c1CC. The lowest BCUT2D eigenvalue weighted by Crippen LogP contribution is -2.43. The summed E-state index contributed by atoms with van der Waals surface area (Å²) in [6.45, 7) is 50.8. The van der Waals surface area contributed by atoms with Crippen LogP contribution in [0.4, 0.5) is 0 Å². The Morgan fingerprint density at radius 1 is 0.696 bits per heavy atom. The van der Waals surface area contributed by atoms with Gasteiger partial charge in [-0.15, -0.1) is 19.7 Å². The molecule has 2 unspecified atom stereocenters. The molecule has 3 aliphatic rings. The fourth-order valence-corrected chi connectivity index (χ4v) is 13.9. The molecule has 0 radical (unpaired) electrons. The number of aryl methyl sites for hydroxylation is 2. The average Bonchev–Trinajstić information content (AvgIpc) is 3.32. The Morgan fingerprint density at radius 2 is 1.32 bits per heavy atom. The lowest BCUT2D eigenvalue weighted by atomic mass is 9.50. The predicted molar refractivity (Wildman–Crippen MR) is 310 cm³/mol. The first-order valence-electron chi connectivity index (χ1n) is 28.6. The molecule has 3 fully saturated rings. The zero-order valence-corrected chi connectivity index (χ0v) is 47.8. The van der Waals surface area contributed by atoms with Crippen molar-refractivity contribution in [2.75, 3.05) is 0 Å². The Labute approximate surface area is 428 Å². The zero-order chi connectivity index (χ0) is 51.3. The van der Waals surface area contributed by atoms with Crippen LogP contribution in [0.2, 0.25) is 0 Å². The van der Waals surface area contributed by atoms with E-state index in [0.29, 0.717) is 28.1 Å². The highest BCUT2D eigenvalue weighted by Gasteiger charge is 2.49. The van der Waals surface area contributed by atoms with Gasteiger partial charge in [0.1, 0.15) is 0 Å². The van der Waals surface area contributed by atoms with Crippen molar-refractivity contribution in [3.8, 4) is 0 Å². The fourth-order valence-electron chi connectivity index (χ4n) is 13.9. The second-order valence-corrected chi connectivity index (χ2v) is 24.3. The lowest BCUT2D eigenvalue weighted by molar-refractivity contribution is -0.0236. The van der Waals surface area contributed by atoms with Crippen LogP contribution < -0.4 is 0 Å². The second kappa shape index (κ2) is 26.4. The summed E-state index contributed by atoms with van der Waals surface area (Å²) in [7, 11) is 0. The van der Waals surface area contributed by atoms with E-state index in [9.17, 15) is 0 Å². The van der Waals surface area contributed by atoms with Gasteiger partial charge < -0.3 is 0 Å². The highest BCUT2D eigenvalue weighted by molar-refractivity contribution is 5.67. The van der Waals surface area contributed by atoms with E-state index >= 15 is 0 Å². The average molecular weight is 936 g/mol. The molecule has 0 nitrogen and oxygen atoms in total. The van der Waals surface area contributed by atoms with E-state index in [2.05, 4.69) is 172 Å². The molecule has 0 saturated heterocycles. The molecule has 2 atom stereocenters. The summed E-state index contributed by atoms with van der Waals surface area (Å²) in [6.07, 6.45) is 27.9. The summed E-state index contributed by atoms with van der Waals surface area (Å²) in [5, 5.41) is 0. The Bertz CT molecular complexity index is 2120. The molecule has 0 heterocycles. The van der Waals surface area contributed by atoms with E-state index in [1.165, 1.54) is 148 Å². The van der Waals surface area contributed by atoms with Crippen LogP contribution in [0.25, 0.3) is 5.57 Å².